The Kier molecular flexibility index (Phi) is 5.89. The van der Waals surface area contributed by atoms with E-state index in [4.69, 9.17) is 11.6 Å². The van der Waals surface area contributed by atoms with Crippen LogP contribution in [0.2, 0.25) is 5.02 Å². The van der Waals surface area contributed by atoms with Crippen LogP contribution in [0.3, 0.4) is 0 Å². The molecule has 0 spiro atoms. The number of rotatable bonds is 6. The maximum atomic E-state index is 12.1. The van der Waals surface area contributed by atoms with E-state index in [2.05, 4.69) is 10.6 Å². The van der Waals surface area contributed by atoms with E-state index >= 15 is 0 Å². The van der Waals surface area contributed by atoms with E-state index in [1.165, 1.54) is 18.2 Å². The Labute approximate surface area is 145 Å². The number of hydrogen-bond donors (Lipinski definition) is 2. The van der Waals surface area contributed by atoms with Crippen molar-refractivity contribution in [3.8, 4) is 0 Å². The molecule has 2 aromatic carbocycles. The van der Waals surface area contributed by atoms with Crippen LogP contribution in [0.4, 0.5) is 11.4 Å². The maximum Gasteiger partial charge on any atom is 0.269 e. The van der Waals surface area contributed by atoms with Gasteiger partial charge in [-0.2, -0.15) is 0 Å². The fraction of sp³-hybridized carbons (Fsp3) is 0.235. The lowest BCUT2D eigenvalue weighted by molar-refractivity contribution is -0.384. The van der Waals surface area contributed by atoms with Crippen LogP contribution in [0.15, 0.2) is 42.5 Å². The second kappa shape index (κ2) is 7.90. The molecule has 0 aliphatic heterocycles. The third-order valence-electron chi connectivity index (χ3n) is 3.64. The van der Waals surface area contributed by atoms with E-state index in [1.54, 1.807) is 13.0 Å². The van der Waals surface area contributed by atoms with E-state index in [9.17, 15) is 14.9 Å². The molecule has 0 unspecified atom stereocenters. The van der Waals surface area contributed by atoms with Crippen molar-refractivity contribution in [3.05, 3.63) is 68.7 Å². The molecule has 0 bridgehead atoms. The van der Waals surface area contributed by atoms with Crippen molar-refractivity contribution in [1.29, 1.82) is 0 Å². The zero-order valence-electron chi connectivity index (χ0n) is 13.4. The highest BCUT2D eigenvalue weighted by Gasteiger charge is 2.12. The second-order valence-electron chi connectivity index (χ2n) is 5.43. The number of anilines is 1. The first-order valence-corrected chi connectivity index (χ1v) is 7.79. The number of non-ortho nitro benzene ring substituents is 1. The van der Waals surface area contributed by atoms with Crippen LogP contribution in [0.5, 0.6) is 0 Å². The van der Waals surface area contributed by atoms with Gasteiger partial charge in [0.05, 0.1) is 11.5 Å². The minimum atomic E-state index is -0.467. The molecule has 0 radical (unpaired) electrons. The highest BCUT2D eigenvalue weighted by atomic mass is 35.5. The zero-order chi connectivity index (χ0) is 17.7. The van der Waals surface area contributed by atoms with Gasteiger partial charge in [0.25, 0.3) is 5.69 Å². The van der Waals surface area contributed by atoms with Crippen molar-refractivity contribution < 1.29 is 9.72 Å². The quantitative estimate of drug-likeness (QED) is 0.614. The van der Waals surface area contributed by atoms with Crippen LogP contribution in [0.25, 0.3) is 0 Å². The summed E-state index contributed by atoms with van der Waals surface area (Å²) in [5.74, 6) is -0.231. The molecule has 0 fully saturated rings. The molecule has 0 aliphatic carbocycles. The molecule has 126 valence electrons. The maximum absolute atomic E-state index is 12.1. The van der Waals surface area contributed by atoms with Crippen molar-refractivity contribution in [3.63, 3.8) is 0 Å². The monoisotopic (exact) mass is 347 g/mol. The molecule has 24 heavy (non-hydrogen) atoms. The third kappa shape index (κ3) is 4.53. The van der Waals surface area contributed by atoms with Gasteiger partial charge in [-0.25, -0.2) is 0 Å². The Morgan fingerprint density at radius 1 is 1.29 bits per heavy atom. The predicted octanol–water partition coefficient (Wildman–Crippen LogP) is 3.85. The van der Waals surface area contributed by atoms with Crippen LogP contribution in [-0.2, 0) is 4.79 Å². The minimum absolute atomic E-state index is 0.00374. The van der Waals surface area contributed by atoms with Crippen LogP contribution < -0.4 is 10.6 Å². The molecule has 1 amide bonds. The molecule has 2 rings (SSSR count). The second-order valence-corrected chi connectivity index (χ2v) is 5.84. The van der Waals surface area contributed by atoms with Gasteiger partial charge in [0.2, 0.25) is 5.91 Å². The average Bonchev–Trinajstić information content (AvgIpc) is 2.54. The Hall–Kier alpha value is -2.44. The van der Waals surface area contributed by atoms with Gasteiger partial charge in [0.15, 0.2) is 0 Å². The number of nitrogens with zero attached hydrogens (tertiary/aromatic N) is 1. The fourth-order valence-corrected chi connectivity index (χ4v) is 2.58. The Balaban J connectivity index is 1.94. The zero-order valence-corrected chi connectivity index (χ0v) is 14.1. The normalized spacial score (nSPS) is 11.8. The summed E-state index contributed by atoms with van der Waals surface area (Å²) in [6, 6.07) is 11.7. The molecule has 0 aromatic heterocycles. The van der Waals surface area contributed by atoms with Crippen LogP contribution in [0, 0.1) is 17.0 Å². The number of carbonyl (C=O) groups is 1. The van der Waals surface area contributed by atoms with E-state index in [1.807, 2.05) is 25.1 Å². The summed E-state index contributed by atoms with van der Waals surface area (Å²) in [7, 11) is 0. The van der Waals surface area contributed by atoms with E-state index < -0.39 is 4.92 Å². The molecule has 0 saturated carbocycles. The van der Waals surface area contributed by atoms with Gasteiger partial charge < -0.3 is 10.6 Å². The minimum Gasteiger partial charge on any atom is -0.325 e. The standard InChI is InChI=1S/C17H18ClN3O3/c1-11-9-13(21(23)24)7-8-16(11)20-17(22)10-19-12(2)14-5-3-4-6-15(14)18/h3-9,12,19H,10H2,1-2H3,(H,20,22)/t12-/m1/s1. The average molecular weight is 348 g/mol. The Morgan fingerprint density at radius 3 is 2.62 bits per heavy atom. The number of carbonyl (C=O) groups excluding carboxylic acids is 1. The number of hydrogen-bond acceptors (Lipinski definition) is 4. The smallest absolute Gasteiger partial charge is 0.269 e. The summed E-state index contributed by atoms with van der Waals surface area (Å²) in [5.41, 5.74) is 2.10. The molecular weight excluding hydrogens is 330 g/mol. The number of nitrogens with one attached hydrogen (secondary N) is 2. The van der Waals surface area contributed by atoms with Crippen molar-refractivity contribution in [1.82, 2.24) is 5.32 Å². The third-order valence-corrected chi connectivity index (χ3v) is 3.98. The van der Waals surface area contributed by atoms with Gasteiger partial charge in [-0.1, -0.05) is 29.8 Å². The molecule has 0 aliphatic rings. The largest absolute Gasteiger partial charge is 0.325 e. The van der Waals surface area contributed by atoms with Crippen molar-refractivity contribution in [2.45, 2.75) is 19.9 Å². The van der Waals surface area contributed by atoms with Gasteiger partial charge in [-0.3, -0.25) is 14.9 Å². The first-order chi connectivity index (χ1) is 11.4. The molecule has 0 heterocycles. The number of benzene rings is 2. The summed E-state index contributed by atoms with van der Waals surface area (Å²) in [4.78, 5) is 22.3. The van der Waals surface area contributed by atoms with E-state index in [0.717, 1.165) is 5.56 Å². The van der Waals surface area contributed by atoms with Crippen LogP contribution in [0.1, 0.15) is 24.1 Å². The lowest BCUT2D eigenvalue weighted by Gasteiger charge is -2.16. The number of aryl methyl sites for hydroxylation is 1. The van der Waals surface area contributed by atoms with Crippen LogP contribution >= 0.6 is 11.6 Å². The molecule has 2 N–H and O–H groups in total. The topological polar surface area (TPSA) is 84.3 Å². The highest BCUT2D eigenvalue weighted by Crippen LogP contribution is 2.23. The Bertz CT molecular complexity index is 764. The molecule has 6 nitrogen and oxygen atoms in total. The van der Waals surface area contributed by atoms with Crippen molar-refractivity contribution in [2.75, 3.05) is 11.9 Å². The van der Waals surface area contributed by atoms with Crippen molar-refractivity contribution >= 4 is 28.9 Å². The number of nitro groups is 1. The van der Waals surface area contributed by atoms with Crippen LogP contribution in [-0.4, -0.2) is 17.4 Å². The SMILES string of the molecule is Cc1cc([N+](=O)[O-])ccc1NC(=O)CN[C@H](C)c1ccccc1Cl. The number of halogens is 1. The van der Waals surface area contributed by atoms with Gasteiger partial charge in [-0.15, -0.1) is 0 Å². The van der Waals surface area contributed by atoms with Gasteiger partial charge in [-0.05, 0) is 37.1 Å². The summed E-state index contributed by atoms with van der Waals surface area (Å²) in [5, 5.41) is 17.2. The lowest BCUT2D eigenvalue weighted by Crippen LogP contribution is -2.30. The molecule has 0 saturated heterocycles. The summed E-state index contributed by atoms with van der Waals surface area (Å²) in [6.45, 7) is 3.73. The fourth-order valence-electron chi connectivity index (χ4n) is 2.28. The van der Waals surface area contributed by atoms with E-state index in [0.29, 0.717) is 16.3 Å². The molecule has 7 heteroatoms. The van der Waals surface area contributed by atoms with Gasteiger partial charge in [0, 0.05) is 28.9 Å². The first kappa shape index (κ1) is 17.9. The van der Waals surface area contributed by atoms with Gasteiger partial charge in [0.1, 0.15) is 0 Å². The number of nitro benzene ring substituents is 1. The molecular formula is C17H18ClN3O3. The molecule has 2 aromatic rings. The molecule has 1 atom stereocenters. The van der Waals surface area contributed by atoms with Crippen molar-refractivity contribution in [2.24, 2.45) is 0 Å². The lowest BCUT2D eigenvalue weighted by atomic mass is 10.1. The summed E-state index contributed by atoms with van der Waals surface area (Å²) >= 11 is 6.13. The number of amides is 1. The summed E-state index contributed by atoms with van der Waals surface area (Å²) in [6.07, 6.45) is 0. The Morgan fingerprint density at radius 2 is 2.00 bits per heavy atom. The first-order valence-electron chi connectivity index (χ1n) is 7.41. The van der Waals surface area contributed by atoms with E-state index in [-0.39, 0.29) is 24.2 Å². The summed E-state index contributed by atoms with van der Waals surface area (Å²) < 4.78 is 0. The highest BCUT2D eigenvalue weighted by molar-refractivity contribution is 6.31. The predicted molar refractivity (Wildman–Crippen MR) is 94.3 cm³/mol. The van der Waals surface area contributed by atoms with Gasteiger partial charge >= 0.3 is 0 Å².